The molecule has 0 spiro atoms. The Hall–Kier alpha value is -1.51. The number of hydrogen-bond acceptors (Lipinski definition) is 5. The van der Waals surface area contributed by atoms with Gasteiger partial charge in [0.25, 0.3) is 11.5 Å². The van der Waals surface area contributed by atoms with Crippen molar-refractivity contribution in [2.45, 2.75) is 38.8 Å². The summed E-state index contributed by atoms with van der Waals surface area (Å²) in [6.07, 6.45) is 3.38. The van der Waals surface area contributed by atoms with Crippen LogP contribution in [0.4, 0.5) is 0 Å². The summed E-state index contributed by atoms with van der Waals surface area (Å²) >= 11 is 4.82. The average Bonchev–Trinajstić information content (AvgIpc) is 3.07. The number of rotatable bonds is 6. The molecule has 3 heterocycles. The molecule has 0 radical (unpaired) electrons. The summed E-state index contributed by atoms with van der Waals surface area (Å²) < 4.78 is 2.46. The highest BCUT2D eigenvalue weighted by atomic mass is 79.9. The van der Waals surface area contributed by atoms with E-state index in [0.717, 1.165) is 41.0 Å². The van der Waals surface area contributed by atoms with Gasteiger partial charge >= 0.3 is 0 Å². The van der Waals surface area contributed by atoms with E-state index < -0.39 is 0 Å². The lowest BCUT2D eigenvalue weighted by molar-refractivity contribution is 0.0913. The van der Waals surface area contributed by atoms with Crippen molar-refractivity contribution in [1.82, 2.24) is 20.0 Å². The zero-order valence-electron chi connectivity index (χ0n) is 14.8. The van der Waals surface area contributed by atoms with Crippen LogP contribution in [-0.2, 0) is 6.54 Å². The molecule has 1 atom stereocenters. The van der Waals surface area contributed by atoms with Crippen molar-refractivity contribution in [3.63, 3.8) is 0 Å². The predicted molar refractivity (Wildman–Crippen MR) is 107 cm³/mol. The Labute approximate surface area is 165 Å². The van der Waals surface area contributed by atoms with E-state index in [2.05, 4.69) is 31.2 Å². The van der Waals surface area contributed by atoms with Crippen molar-refractivity contribution in [3.8, 4) is 0 Å². The van der Waals surface area contributed by atoms with Gasteiger partial charge in [0.15, 0.2) is 0 Å². The van der Waals surface area contributed by atoms with E-state index in [1.807, 2.05) is 18.4 Å². The fourth-order valence-electron chi connectivity index (χ4n) is 3.25. The van der Waals surface area contributed by atoms with Gasteiger partial charge in [-0.15, -0.1) is 11.3 Å². The van der Waals surface area contributed by atoms with Gasteiger partial charge in [-0.2, -0.15) is 5.10 Å². The Bertz CT molecular complexity index is 820. The molecule has 1 amide bonds. The monoisotopic (exact) mass is 438 g/mol. The number of halogens is 1. The maximum Gasteiger partial charge on any atom is 0.266 e. The molecule has 8 heteroatoms. The first-order chi connectivity index (χ1) is 12.5. The second-order valence-electron chi connectivity index (χ2n) is 6.56. The SMILES string of the molecule is Cc1ccc(=O)n(CCN2CCCCC2CNC(=O)c2cc(Br)cs2)n1. The van der Waals surface area contributed by atoms with E-state index in [-0.39, 0.29) is 11.5 Å². The van der Waals surface area contributed by atoms with Gasteiger partial charge in [0, 0.05) is 35.1 Å². The minimum Gasteiger partial charge on any atom is -0.350 e. The Morgan fingerprint density at radius 3 is 3.00 bits per heavy atom. The summed E-state index contributed by atoms with van der Waals surface area (Å²) in [6, 6.07) is 5.45. The molecule has 0 saturated carbocycles. The number of amides is 1. The van der Waals surface area contributed by atoms with Crippen LogP contribution in [0.1, 0.15) is 34.6 Å². The summed E-state index contributed by atoms with van der Waals surface area (Å²) in [5.74, 6) is -0.0252. The number of aryl methyl sites for hydroxylation is 1. The maximum absolute atomic E-state index is 12.3. The van der Waals surface area contributed by atoms with Crippen LogP contribution in [-0.4, -0.2) is 46.3 Å². The molecule has 6 nitrogen and oxygen atoms in total. The van der Waals surface area contributed by atoms with Crippen molar-refractivity contribution < 1.29 is 4.79 Å². The van der Waals surface area contributed by atoms with Crippen LogP contribution in [0.15, 0.2) is 32.8 Å². The average molecular weight is 439 g/mol. The van der Waals surface area contributed by atoms with Crippen molar-refractivity contribution in [2.24, 2.45) is 0 Å². The van der Waals surface area contributed by atoms with Crippen LogP contribution in [0.5, 0.6) is 0 Å². The fourth-order valence-corrected chi connectivity index (χ4v) is 4.59. The zero-order chi connectivity index (χ0) is 18.5. The molecule has 1 unspecified atom stereocenters. The predicted octanol–water partition coefficient (Wildman–Crippen LogP) is 2.66. The molecule has 26 heavy (non-hydrogen) atoms. The molecule has 0 bridgehead atoms. The van der Waals surface area contributed by atoms with E-state index in [1.54, 1.807) is 12.1 Å². The number of piperidine rings is 1. The summed E-state index contributed by atoms with van der Waals surface area (Å²) in [6.45, 7) is 4.85. The van der Waals surface area contributed by atoms with Crippen LogP contribution in [0.2, 0.25) is 0 Å². The summed E-state index contributed by atoms with van der Waals surface area (Å²) in [4.78, 5) is 27.3. The molecule has 140 valence electrons. The minimum absolute atomic E-state index is 0.0252. The first-order valence-corrected chi connectivity index (χ1v) is 10.5. The second-order valence-corrected chi connectivity index (χ2v) is 8.39. The van der Waals surface area contributed by atoms with Crippen LogP contribution in [0.3, 0.4) is 0 Å². The van der Waals surface area contributed by atoms with E-state index >= 15 is 0 Å². The van der Waals surface area contributed by atoms with Crippen molar-refractivity contribution in [2.75, 3.05) is 19.6 Å². The molecular weight excluding hydrogens is 416 g/mol. The van der Waals surface area contributed by atoms with Gasteiger partial charge < -0.3 is 5.32 Å². The van der Waals surface area contributed by atoms with Gasteiger partial charge in [0.1, 0.15) is 0 Å². The molecule has 1 saturated heterocycles. The molecular formula is C18H23BrN4O2S. The highest BCUT2D eigenvalue weighted by Gasteiger charge is 2.23. The Morgan fingerprint density at radius 2 is 2.23 bits per heavy atom. The second kappa shape index (κ2) is 8.92. The van der Waals surface area contributed by atoms with Crippen LogP contribution >= 0.6 is 27.3 Å². The number of thiophene rings is 1. The largest absolute Gasteiger partial charge is 0.350 e. The van der Waals surface area contributed by atoms with E-state index in [9.17, 15) is 9.59 Å². The van der Waals surface area contributed by atoms with Gasteiger partial charge in [-0.3, -0.25) is 14.5 Å². The van der Waals surface area contributed by atoms with Gasteiger partial charge in [-0.05, 0) is 54.4 Å². The normalized spacial score (nSPS) is 18.0. The number of likely N-dealkylation sites (tertiary alicyclic amines) is 1. The number of carbonyl (C=O) groups excluding carboxylic acids is 1. The zero-order valence-corrected chi connectivity index (χ0v) is 17.2. The Balaban J connectivity index is 1.56. The molecule has 0 aromatic carbocycles. The molecule has 2 aromatic rings. The molecule has 1 N–H and O–H groups in total. The fraction of sp³-hybridized carbons (Fsp3) is 0.500. The Kier molecular flexibility index (Phi) is 6.61. The van der Waals surface area contributed by atoms with Gasteiger partial charge in [-0.1, -0.05) is 6.42 Å². The van der Waals surface area contributed by atoms with E-state index in [4.69, 9.17) is 0 Å². The number of nitrogens with one attached hydrogen (secondary N) is 1. The van der Waals surface area contributed by atoms with Gasteiger partial charge in [0.05, 0.1) is 17.1 Å². The summed E-state index contributed by atoms with van der Waals surface area (Å²) in [7, 11) is 0. The lowest BCUT2D eigenvalue weighted by Gasteiger charge is -2.35. The standard InChI is InChI=1S/C18H23BrN4O2S/c1-13-5-6-17(24)23(21-13)9-8-22-7-3-2-4-15(22)11-20-18(25)16-10-14(19)12-26-16/h5-6,10,12,15H,2-4,7-9,11H2,1H3,(H,20,25). The lowest BCUT2D eigenvalue weighted by Crippen LogP contribution is -2.48. The summed E-state index contributed by atoms with van der Waals surface area (Å²) in [5.41, 5.74) is 0.773. The third-order valence-corrected chi connectivity index (χ3v) is 6.33. The van der Waals surface area contributed by atoms with Crippen LogP contribution in [0.25, 0.3) is 0 Å². The third-order valence-electron chi connectivity index (χ3n) is 4.64. The van der Waals surface area contributed by atoms with Crippen LogP contribution < -0.4 is 10.9 Å². The smallest absolute Gasteiger partial charge is 0.266 e. The van der Waals surface area contributed by atoms with Crippen LogP contribution in [0, 0.1) is 6.92 Å². The molecule has 2 aromatic heterocycles. The summed E-state index contributed by atoms with van der Waals surface area (Å²) in [5, 5.41) is 9.27. The quantitative estimate of drug-likeness (QED) is 0.752. The number of hydrogen-bond donors (Lipinski definition) is 1. The highest BCUT2D eigenvalue weighted by Crippen LogP contribution is 2.20. The first-order valence-electron chi connectivity index (χ1n) is 8.84. The molecule has 1 aliphatic rings. The van der Waals surface area contributed by atoms with Gasteiger partial charge in [0.2, 0.25) is 0 Å². The minimum atomic E-state index is -0.0688. The Morgan fingerprint density at radius 1 is 1.38 bits per heavy atom. The molecule has 1 aliphatic heterocycles. The van der Waals surface area contributed by atoms with E-state index in [1.165, 1.54) is 22.4 Å². The van der Waals surface area contributed by atoms with Gasteiger partial charge in [-0.25, -0.2) is 4.68 Å². The lowest BCUT2D eigenvalue weighted by atomic mass is 10.0. The highest BCUT2D eigenvalue weighted by molar-refractivity contribution is 9.10. The number of nitrogens with zero attached hydrogens (tertiary/aromatic N) is 3. The van der Waals surface area contributed by atoms with E-state index in [0.29, 0.717) is 19.1 Å². The maximum atomic E-state index is 12.3. The third kappa shape index (κ3) is 5.02. The van der Waals surface area contributed by atoms with Crippen molar-refractivity contribution in [1.29, 1.82) is 0 Å². The first kappa shape index (κ1) is 19.3. The molecule has 1 fully saturated rings. The van der Waals surface area contributed by atoms with Crippen molar-refractivity contribution in [3.05, 3.63) is 49.0 Å². The number of aromatic nitrogens is 2. The molecule has 0 aliphatic carbocycles. The topological polar surface area (TPSA) is 67.2 Å². The molecule has 3 rings (SSSR count). The van der Waals surface area contributed by atoms with Crippen molar-refractivity contribution >= 4 is 33.2 Å². The number of carbonyl (C=O) groups is 1.